The monoisotopic (exact) mass is 475 g/mol. The fourth-order valence-corrected chi connectivity index (χ4v) is 5.57. The Balaban J connectivity index is 1.25. The second-order valence-corrected chi connectivity index (χ2v) is 10.1. The molecule has 5 nitrogen and oxygen atoms in total. The standard InChI is InChI=1S/C31H33N5/c1-21-35(2)30-12-9-24(18-31(30)36(21)3)27-6-4-5-23-17-29(34-20-28(23)27)25-8-11-26(33-19-25)10-7-22-13-15-32-16-14-22/h4-6,8-9,11-12,17-20,22,32H,1,7,10,13-16H2,2-3H3. The number of benzene rings is 2. The molecule has 2 aliphatic rings. The number of piperidine rings is 1. The highest BCUT2D eigenvalue weighted by Crippen LogP contribution is 2.42. The number of hydrogen-bond acceptors (Lipinski definition) is 5. The number of fused-ring (bicyclic) bond motifs is 2. The van der Waals surface area contributed by atoms with E-state index in [4.69, 9.17) is 9.97 Å². The Morgan fingerprint density at radius 1 is 0.889 bits per heavy atom. The smallest absolute Gasteiger partial charge is 0.105 e. The molecule has 2 aromatic carbocycles. The molecule has 5 heteroatoms. The Hall–Kier alpha value is -3.70. The number of rotatable bonds is 5. The number of aryl methyl sites for hydroxylation is 1. The number of hydrogen-bond donors (Lipinski definition) is 1. The molecule has 0 unspecified atom stereocenters. The Morgan fingerprint density at radius 3 is 2.50 bits per heavy atom. The molecule has 0 aliphatic carbocycles. The first-order valence-electron chi connectivity index (χ1n) is 12.9. The number of aromatic nitrogens is 2. The van der Waals surface area contributed by atoms with E-state index in [1.807, 2.05) is 12.4 Å². The maximum absolute atomic E-state index is 4.84. The van der Waals surface area contributed by atoms with Gasteiger partial charge in [0.05, 0.1) is 17.1 Å². The average Bonchev–Trinajstić information content (AvgIpc) is 3.15. The van der Waals surface area contributed by atoms with Crippen molar-refractivity contribution in [1.82, 2.24) is 15.3 Å². The molecule has 0 spiro atoms. The minimum absolute atomic E-state index is 0.829. The number of anilines is 2. The quantitative estimate of drug-likeness (QED) is 0.369. The van der Waals surface area contributed by atoms with Crippen molar-refractivity contribution in [2.45, 2.75) is 25.7 Å². The van der Waals surface area contributed by atoms with Gasteiger partial charge in [0.25, 0.3) is 0 Å². The molecule has 6 rings (SSSR count). The maximum Gasteiger partial charge on any atom is 0.105 e. The molecule has 0 bridgehead atoms. The summed E-state index contributed by atoms with van der Waals surface area (Å²) in [5.41, 5.74) is 7.93. The zero-order valence-electron chi connectivity index (χ0n) is 21.2. The van der Waals surface area contributed by atoms with Crippen molar-refractivity contribution in [3.63, 3.8) is 0 Å². The van der Waals surface area contributed by atoms with Crippen LogP contribution in [0.2, 0.25) is 0 Å². The molecule has 0 atom stereocenters. The van der Waals surface area contributed by atoms with Crippen LogP contribution in [0.1, 0.15) is 25.0 Å². The van der Waals surface area contributed by atoms with Crippen molar-refractivity contribution >= 4 is 22.1 Å². The molecule has 0 radical (unpaired) electrons. The second kappa shape index (κ2) is 9.40. The lowest BCUT2D eigenvalue weighted by Crippen LogP contribution is -2.27. The highest BCUT2D eigenvalue weighted by atomic mass is 15.4. The van der Waals surface area contributed by atoms with Gasteiger partial charge in [-0.3, -0.25) is 9.97 Å². The highest BCUT2D eigenvalue weighted by molar-refractivity contribution is 5.99. The fraction of sp³-hybridized carbons (Fsp3) is 0.290. The van der Waals surface area contributed by atoms with E-state index in [0.29, 0.717) is 0 Å². The zero-order chi connectivity index (χ0) is 24.6. The van der Waals surface area contributed by atoms with E-state index in [2.05, 4.69) is 90.4 Å². The third kappa shape index (κ3) is 4.14. The first-order chi connectivity index (χ1) is 17.6. The maximum atomic E-state index is 4.84. The minimum atomic E-state index is 0.829. The van der Waals surface area contributed by atoms with Crippen LogP contribution in [0.4, 0.5) is 11.4 Å². The van der Waals surface area contributed by atoms with E-state index < -0.39 is 0 Å². The van der Waals surface area contributed by atoms with Crippen molar-refractivity contribution in [1.29, 1.82) is 0 Å². The van der Waals surface area contributed by atoms with E-state index in [0.717, 1.165) is 47.9 Å². The van der Waals surface area contributed by atoms with Gasteiger partial charge in [0.2, 0.25) is 0 Å². The molecule has 1 saturated heterocycles. The summed E-state index contributed by atoms with van der Waals surface area (Å²) in [6, 6.07) is 19.6. The van der Waals surface area contributed by atoms with Crippen LogP contribution in [0.15, 0.2) is 79.4 Å². The Morgan fingerprint density at radius 2 is 1.69 bits per heavy atom. The summed E-state index contributed by atoms with van der Waals surface area (Å²) in [5, 5.41) is 5.79. The molecule has 2 aliphatic heterocycles. The Bertz CT molecular complexity index is 1420. The summed E-state index contributed by atoms with van der Waals surface area (Å²) < 4.78 is 0. The number of nitrogens with zero attached hydrogens (tertiary/aromatic N) is 4. The lowest BCUT2D eigenvalue weighted by Gasteiger charge is -2.22. The van der Waals surface area contributed by atoms with E-state index >= 15 is 0 Å². The summed E-state index contributed by atoms with van der Waals surface area (Å²) in [5.74, 6) is 1.81. The van der Waals surface area contributed by atoms with Crippen molar-refractivity contribution in [3.05, 3.63) is 85.1 Å². The predicted octanol–water partition coefficient (Wildman–Crippen LogP) is 6.25. The number of nitrogens with one attached hydrogen (secondary N) is 1. The van der Waals surface area contributed by atoms with Crippen LogP contribution in [0.5, 0.6) is 0 Å². The predicted molar refractivity (Wildman–Crippen MR) is 150 cm³/mol. The SMILES string of the molecule is C=C1N(C)c2ccc(-c3cccc4cc(-c5ccc(CCC6CCNCC6)nc5)ncc34)cc2N1C. The van der Waals surface area contributed by atoms with Gasteiger partial charge in [0, 0.05) is 43.1 Å². The van der Waals surface area contributed by atoms with E-state index in [1.165, 1.54) is 52.8 Å². The molecule has 182 valence electrons. The molecule has 1 fully saturated rings. The summed E-state index contributed by atoms with van der Waals surface area (Å²) in [6.45, 7) is 6.50. The first kappa shape index (κ1) is 22.7. The molecule has 1 N–H and O–H groups in total. The topological polar surface area (TPSA) is 44.3 Å². The van der Waals surface area contributed by atoms with Gasteiger partial charge in [0.15, 0.2) is 0 Å². The van der Waals surface area contributed by atoms with E-state index in [9.17, 15) is 0 Å². The highest BCUT2D eigenvalue weighted by Gasteiger charge is 2.25. The van der Waals surface area contributed by atoms with Crippen molar-refractivity contribution < 1.29 is 0 Å². The van der Waals surface area contributed by atoms with Gasteiger partial charge in [0.1, 0.15) is 5.82 Å². The third-order valence-corrected chi connectivity index (χ3v) is 7.94. The molecular weight excluding hydrogens is 442 g/mol. The van der Waals surface area contributed by atoms with Gasteiger partial charge < -0.3 is 15.1 Å². The molecule has 2 aromatic heterocycles. The summed E-state index contributed by atoms with van der Waals surface area (Å²) in [4.78, 5) is 13.9. The molecule has 4 aromatic rings. The van der Waals surface area contributed by atoms with Crippen LogP contribution in [0, 0.1) is 5.92 Å². The second-order valence-electron chi connectivity index (χ2n) is 10.1. The zero-order valence-corrected chi connectivity index (χ0v) is 21.2. The molecule has 36 heavy (non-hydrogen) atoms. The Kier molecular flexibility index (Phi) is 5.94. The van der Waals surface area contributed by atoms with Gasteiger partial charge in [-0.15, -0.1) is 0 Å². The summed E-state index contributed by atoms with van der Waals surface area (Å²) in [6.07, 6.45) is 8.85. The van der Waals surface area contributed by atoms with Crippen LogP contribution < -0.4 is 15.1 Å². The van der Waals surface area contributed by atoms with E-state index in [-0.39, 0.29) is 0 Å². The van der Waals surface area contributed by atoms with Gasteiger partial charge in [-0.05, 0) is 91.5 Å². The molecule has 0 saturated carbocycles. The normalized spacial score (nSPS) is 16.1. The van der Waals surface area contributed by atoms with Gasteiger partial charge in [-0.1, -0.05) is 30.8 Å². The van der Waals surface area contributed by atoms with Gasteiger partial charge in [-0.2, -0.15) is 0 Å². The van der Waals surface area contributed by atoms with Crippen molar-refractivity contribution in [2.75, 3.05) is 37.0 Å². The Labute approximate surface area is 213 Å². The van der Waals surface area contributed by atoms with Crippen LogP contribution >= 0.6 is 0 Å². The van der Waals surface area contributed by atoms with Gasteiger partial charge in [-0.25, -0.2) is 0 Å². The van der Waals surface area contributed by atoms with Crippen LogP contribution in [0.25, 0.3) is 33.2 Å². The largest absolute Gasteiger partial charge is 0.330 e. The van der Waals surface area contributed by atoms with Crippen molar-refractivity contribution in [3.8, 4) is 22.4 Å². The lowest BCUT2D eigenvalue weighted by atomic mass is 9.92. The van der Waals surface area contributed by atoms with Crippen molar-refractivity contribution in [2.24, 2.45) is 5.92 Å². The van der Waals surface area contributed by atoms with Gasteiger partial charge >= 0.3 is 0 Å². The average molecular weight is 476 g/mol. The summed E-state index contributed by atoms with van der Waals surface area (Å²) in [7, 11) is 4.13. The molecule has 4 heterocycles. The third-order valence-electron chi connectivity index (χ3n) is 7.94. The van der Waals surface area contributed by atoms with E-state index in [1.54, 1.807) is 0 Å². The summed E-state index contributed by atoms with van der Waals surface area (Å²) >= 11 is 0. The van der Waals surface area contributed by atoms with Crippen LogP contribution in [0.3, 0.4) is 0 Å². The molecular formula is C31H33N5. The fourth-order valence-electron chi connectivity index (χ4n) is 5.57. The molecule has 0 amide bonds. The van der Waals surface area contributed by atoms with Crippen LogP contribution in [-0.2, 0) is 6.42 Å². The van der Waals surface area contributed by atoms with Crippen LogP contribution in [-0.4, -0.2) is 37.2 Å². The lowest BCUT2D eigenvalue weighted by molar-refractivity contribution is 0.353. The first-order valence-corrected chi connectivity index (χ1v) is 12.9. The minimum Gasteiger partial charge on any atom is -0.330 e. The number of pyridine rings is 2.